The summed E-state index contributed by atoms with van der Waals surface area (Å²) in [7, 11) is 0. The lowest BCUT2D eigenvalue weighted by molar-refractivity contribution is -0.119. The Bertz CT molecular complexity index is 584. The number of allylic oxidation sites excluding steroid dienone is 1. The second kappa shape index (κ2) is 7.16. The predicted molar refractivity (Wildman–Crippen MR) is 96.7 cm³/mol. The lowest BCUT2D eigenvalue weighted by Crippen LogP contribution is -2.43. The zero-order chi connectivity index (χ0) is 16.4. The van der Waals surface area contributed by atoms with Gasteiger partial charge in [0.2, 0.25) is 5.91 Å². The van der Waals surface area contributed by atoms with E-state index in [4.69, 9.17) is 0 Å². The van der Waals surface area contributed by atoms with E-state index in [0.717, 1.165) is 16.6 Å². The number of aromatic nitrogens is 1. The van der Waals surface area contributed by atoms with E-state index in [1.165, 1.54) is 12.8 Å². The van der Waals surface area contributed by atoms with Crippen LogP contribution in [0.4, 0.5) is 0 Å². The number of hydrogen-bond acceptors (Lipinski definition) is 2. The maximum absolute atomic E-state index is 11.9. The van der Waals surface area contributed by atoms with Crippen molar-refractivity contribution in [2.24, 2.45) is 23.7 Å². The van der Waals surface area contributed by atoms with E-state index in [1.54, 1.807) is 0 Å². The van der Waals surface area contributed by atoms with Gasteiger partial charge in [-0.1, -0.05) is 32.8 Å². The van der Waals surface area contributed by atoms with E-state index >= 15 is 0 Å². The molecule has 1 saturated carbocycles. The van der Waals surface area contributed by atoms with Gasteiger partial charge in [-0.2, -0.15) is 0 Å². The quantitative estimate of drug-likeness (QED) is 0.843. The number of nitrogens with zero attached hydrogens (tertiary/aromatic N) is 1. The third-order valence-electron chi connectivity index (χ3n) is 5.67. The highest BCUT2D eigenvalue weighted by atomic mass is 79.9. The fourth-order valence-electron chi connectivity index (χ4n) is 4.56. The molecule has 2 aliphatic rings. The molecule has 1 amide bonds. The molecule has 0 spiro atoms. The molecule has 3 rings (SSSR count). The van der Waals surface area contributed by atoms with Gasteiger partial charge in [0.15, 0.2) is 0 Å². The number of rotatable bonds is 4. The molecule has 1 N–H and O–H groups in total. The third kappa shape index (κ3) is 3.52. The van der Waals surface area contributed by atoms with Crippen molar-refractivity contribution >= 4 is 27.9 Å². The van der Waals surface area contributed by atoms with Gasteiger partial charge in [-0.3, -0.25) is 9.78 Å². The Kier molecular flexibility index (Phi) is 5.20. The van der Waals surface area contributed by atoms with Crippen LogP contribution in [0.2, 0.25) is 0 Å². The standard InChI is InChI=1S/C19H25BrN2O/c1-3-12-9-18-17(10-19(23)22-18)16(15(12)4-2)8-7-14-6-5-13(20)11-21-14/h5-8,11-12,15-18H,3-4,9-10H2,1-2H3,(H,22,23)/b8-7+. The summed E-state index contributed by atoms with van der Waals surface area (Å²) >= 11 is 3.42. The Balaban J connectivity index is 1.85. The molecule has 0 bridgehead atoms. The Morgan fingerprint density at radius 3 is 2.83 bits per heavy atom. The first-order chi connectivity index (χ1) is 11.1. The second-order valence-electron chi connectivity index (χ2n) is 6.86. The van der Waals surface area contributed by atoms with Gasteiger partial charge in [-0.15, -0.1) is 0 Å². The fourth-order valence-corrected chi connectivity index (χ4v) is 4.79. The minimum absolute atomic E-state index is 0.228. The van der Waals surface area contributed by atoms with Crippen LogP contribution in [0, 0.1) is 23.7 Å². The SMILES string of the molecule is CCC1CC2NC(=O)CC2C(/C=C/c2ccc(Br)cn2)C1CC. The van der Waals surface area contributed by atoms with Crippen molar-refractivity contribution in [3.63, 3.8) is 0 Å². The van der Waals surface area contributed by atoms with E-state index in [9.17, 15) is 4.79 Å². The van der Waals surface area contributed by atoms with E-state index in [0.29, 0.717) is 36.1 Å². The monoisotopic (exact) mass is 376 g/mol. The van der Waals surface area contributed by atoms with E-state index in [1.807, 2.05) is 18.3 Å². The summed E-state index contributed by atoms with van der Waals surface area (Å²) in [5.74, 6) is 2.51. The second-order valence-corrected chi connectivity index (χ2v) is 7.77. The highest BCUT2D eigenvalue weighted by Crippen LogP contribution is 2.46. The molecule has 0 aromatic carbocycles. The zero-order valence-corrected chi connectivity index (χ0v) is 15.4. The number of halogens is 1. The molecule has 1 aromatic rings. The minimum Gasteiger partial charge on any atom is -0.353 e. The Morgan fingerprint density at radius 1 is 1.35 bits per heavy atom. The maximum Gasteiger partial charge on any atom is 0.220 e. The van der Waals surface area contributed by atoms with Crippen molar-refractivity contribution in [1.82, 2.24) is 10.3 Å². The van der Waals surface area contributed by atoms with Gasteiger partial charge in [0.1, 0.15) is 0 Å². The molecule has 1 aliphatic heterocycles. The summed E-state index contributed by atoms with van der Waals surface area (Å²) in [5.41, 5.74) is 0.982. The van der Waals surface area contributed by atoms with Crippen molar-refractivity contribution in [2.75, 3.05) is 0 Å². The molecule has 2 heterocycles. The minimum atomic E-state index is 0.228. The molecule has 0 radical (unpaired) electrons. The van der Waals surface area contributed by atoms with Gasteiger partial charge in [0.05, 0.1) is 5.69 Å². The maximum atomic E-state index is 11.9. The van der Waals surface area contributed by atoms with Gasteiger partial charge >= 0.3 is 0 Å². The average Bonchev–Trinajstić information content (AvgIpc) is 2.93. The Hall–Kier alpha value is -1.16. The third-order valence-corrected chi connectivity index (χ3v) is 6.14. The summed E-state index contributed by atoms with van der Waals surface area (Å²) in [4.78, 5) is 16.3. The van der Waals surface area contributed by atoms with Crippen molar-refractivity contribution in [3.05, 3.63) is 34.6 Å². The van der Waals surface area contributed by atoms with Crippen LogP contribution in [0.15, 0.2) is 28.9 Å². The average molecular weight is 377 g/mol. The zero-order valence-electron chi connectivity index (χ0n) is 13.8. The first kappa shape index (κ1) is 16.7. The van der Waals surface area contributed by atoms with Crippen molar-refractivity contribution in [2.45, 2.75) is 45.6 Å². The molecule has 124 valence electrons. The summed E-state index contributed by atoms with van der Waals surface area (Å²) in [6, 6.07) is 4.41. The smallest absolute Gasteiger partial charge is 0.220 e. The van der Waals surface area contributed by atoms with E-state index in [-0.39, 0.29) is 5.91 Å². The number of carbonyl (C=O) groups excluding carboxylic acids is 1. The summed E-state index contributed by atoms with van der Waals surface area (Å²) in [5, 5.41) is 3.21. The number of hydrogen-bond donors (Lipinski definition) is 1. The molecule has 4 heteroatoms. The van der Waals surface area contributed by atoms with Crippen LogP contribution >= 0.6 is 15.9 Å². The Morgan fingerprint density at radius 2 is 2.17 bits per heavy atom. The first-order valence-corrected chi connectivity index (χ1v) is 9.50. The van der Waals surface area contributed by atoms with Gasteiger partial charge in [-0.25, -0.2) is 0 Å². The summed E-state index contributed by atoms with van der Waals surface area (Å²) in [6.45, 7) is 4.57. The molecule has 23 heavy (non-hydrogen) atoms. The first-order valence-electron chi connectivity index (χ1n) is 8.71. The Labute approximate surface area is 147 Å². The molecule has 5 atom stereocenters. The molecule has 1 saturated heterocycles. The largest absolute Gasteiger partial charge is 0.353 e. The van der Waals surface area contributed by atoms with Gasteiger partial charge < -0.3 is 5.32 Å². The summed E-state index contributed by atoms with van der Waals surface area (Å²) < 4.78 is 0.996. The number of pyridine rings is 1. The van der Waals surface area contributed by atoms with Gasteiger partial charge in [-0.05, 0) is 64.2 Å². The summed E-state index contributed by atoms with van der Waals surface area (Å²) in [6.07, 6.45) is 10.5. The van der Waals surface area contributed by atoms with Crippen LogP contribution in [0.5, 0.6) is 0 Å². The molecule has 3 nitrogen and oxygen atoms in total. The normalized spacial score (nSPS) is 33.7. The van der Waals surface area contributed by atoms with Crippen molar-refractivity contribution < 1.29 is 4.79 Å². The number of nitrogens with one attached hydrogen (secondary N) is 1. The van der Waals surface area contributed by atoms with Crippen molar-refractivity contribution in [1.29, 1.82) is 0 Å². The topological polar surface area (TPSA) is 42.0 Å². The van der Waals surface area contributed by atoms with E-state index in [2.05, 4.69) is 52.2 Å². The lowest BCUT2D eigenvalue weighted by Gasteiger charge is -2.43. The van der Waals surface area contributed by atoms with Crippen LogP contribution in [0.1, 0.15) is 45.2 Å². The number of amides is 1. The van der Waals surface area contributed by atoms with E-state index < -0.39 is 0 Å². The predicted octanol–water partition coefficient (Wildman–Crippen LogP) is 4.43. The van der Waals surface area contributed by atoms with Crippen LogP contribution in [-0.4, -0.2) is 16.9 Å². The highest BCUT2D eigenvalue weighted by molar-refractivity contribution is 9.10. The fraction of sp³-hybridized carbons (Fsp3) is 0.579. The molecule has 5 unspecified atom stereocenters. The van der Waals surface area contributed by atoms with Crippen molar-refractivity contribution in [3.8, 4) is 0 Å². The highest BCUT2D eigenvalue weighted by Gasteiger charge is 2.46. The number of fused-ring (bicyclic) bond motifs is 1. The van der Waals surface area contributed by atoms with Crippen LogP contribution in [0.3, 0.4) is 0 Å². The van der Waals surface area contributed by atoms with Crippen LogP contribution in [-0.2, 0) is 4.79 Å². The van der Waals surface area contributed by atoms with Gasteiger partial charge in [0.25, 0.3) is 0 Å². The lowest BCUT2D eigenvalue weighted by atomic mass is 9.63. The molecule has 1 aliphatic carbocycles. The molecule has 2 fully saturated rings. The molecular formula is C19H25BrN2O. The van der Waals surface area contributed by atoms with Gasteiger partial charge in [0, 0.05) is 23.1 Å². The van der Waals surface area contributed by atoms with Crippen LogP contribution < -0.4 is 5.32 Å². The molecular weight excluding hydrogens is 352 g/mol. The molecule has 1 aromatic heterocycles. The number of carbonyl (C=O) groups is 1. The van der Waals surface area contributed by atoms with Crippen LogP contribution in [0.25, 0.3) is 6.08 Å².